The second-order valence-electron chi connectivity index (χ2n) is 11.1. The number of carbonyl (C=O) groups is 5. The van der Waals surface area contributed by atoms with Crippen molar-refractivity contribution in [3.05, 3.63) is 0 Å². The molecular formula is C25H37F3N4O7. The van der Waals surface area contributed by atoms with Gasteiger partial charge in [0.2, 0.25) is 17.7 Å². The number of methoxy groups -OCH3 is 1. The predicted molar refractivity (Wildman–Crippen MR) is 130 cm³/mol. The maximum absolute atomic E-state index is 12.8. The molecule has 0 aromatic carbocycles. The first-order valence-electron chi connectivity index (χ1n) is 13.3. The van der Waals surface area contributed by atoms with Crippen molar-refractivity contribution in [2.24, 2.45) is 23.5 Å². The van der Waals surface area contributed by atoms with E-state index in [0.717, 1.165) is 37.0 Å². The van der Waals surface area contributed by atoms with Gasteiger partial charge in [-0.3, -0.25) is 14.4 Å². The number of carbonyl (C=O) groups excluding carboxylic acids is 4. The Kier molecular flexibility index (Phi) is 9.83. The molecule has 5 rings (SSSR count). The minimum Gasteiger partial charge on any atom is -0.475 e. The van der Waals surface area contributed by atoms with Crippen LogP contribution in [0.5, 0.6) is 0 Å². The second-order valence-corrected chi connectivity index (χ2v) is 11.1. The number of nitrogens with two attached hydrogens (primary N) is 1. The van der Waals surface area contributed by atoms with Crippen molar-refractivity contribution in [1.82, 2.24) is 15.5 Å². The van der Waals surface area contributed by atoms with Gasteiger partial charge in [-0.2, -0.15) is 13.2 Å². The molecule has 0 spiro atoms. The smallest absolute Gasteiger partial charge is 0.475 e. The predicted octanol–water partition coefficient (Wildman–Crippen LogP) is 1.09. The summed E-state index contributed by atoms with van der Waals surface area (Å²) in [5.41, 5.74) is 5.37. The summed E-state index contributed by atoms with van der Waals surface area (Å²) in [6, 6.07) is -1.57. The topological polar surface area (TPSA) is 168 Å². The van der Waals surface area contributed by atoms with E-state index in [1.807, 2.05) is 0 Å². The van der Waals surface area contributed by atoms with Crippen LogP contribution in [0.15, 0.2) is 0 Å². The molecule has 4 bridgehead atoms. The standard InChI is InChI=1S/C23H36N4O5.C2HF3O2/c1-32-22(31)17(25-21(30)18-3-2-6-27(18)20(29)13-24)4-5-19(28)26-23-10-14-7-15(11-23)9-16(8-14)12-23;3-2(4,5)1(6)7/h14-18H,2-13,24H2,1H3,(H,25,30)(H,26,28);(H,6,7)/t14?,15?,16?,17-,18-,23?;/m0./s1. The normalized spacial score (nSPS) is 29.6. The third-order valence-electron chi connectivity index (χ3n) is 8.20. The van der Waals surface area contributed by atoms with Crippen molar-refractivity contribution in [2.45, 2.75) is 88.0 Å². The Hall–Kier alpha value is -2.90. The van der Waals surface area contributed by atoms with Crippen molar-refractivity contribution in [2.75, 3.05) is 20.2 Å². The van der Waals surface area contributed by atoms with Gasteiger partial charge in [0.15, 0.2) is 0 Å². The van der Waals surface area contributed by atoms with Gasteiger partial charge >= 0.3 is 18.1 Å². The van der Waals surface area contributed by atoms with Gasteiger partial charge in [-0.25, -0.2) is 9.59 Å². The molecule has 5 aliphatic rings. The summed E-state index contributed by atoms with van der Waals surface area (Å²) >= 11 is 0. The molecule has 4 aliphatic carbocycles. The number of esters is 1. The van der Waals surface area contributed by atoms with Crippen LogP contribution in [0.4, 0.5) is 13.2 Å². The van der Waals surface area contributed by atoms with Gasteiger partial charge < -0.3 is 31.1 Å². The molecule has 0 unspecified atom stereocenters. The minimum absolute atomic E-state index is 0.0732. The van der Waals surface area contributed by atoms with Crippen molar-refractivity contribution in [1.29, 1.82) is 0 Å². The summed E-state index contributed by atoms with van der Waals surface area (Å²) in [6.07, 6.45) is 3.55. The fraction of sp³-hybridized carbons (Fsp3) is 0.800. The Morgan fingerprint density at radius 1 is 1.08 bits per heavy atom. The SMILES string of the molecule is COC(=O)[C@H](CCC(=O)NC12CC3CC(CC(C3)C1)C2)NC(=O)[C@@H]1CCCN1C(=O)CN.O=C(O)C(F)(F)F. The van der Waals surface area contributed by atoms with Gasteiger partial charge in [0.05, 0.1) is 13.7 Å². The van der Waals surface area contributed by atoms with Crippen LogP contribution < -0.4 is 16.4 Å². The summed E-state index contributed by atoms with van der Waals surface area (Å²) in [5.74, 6) is -1.91. The largest absolute Gasteiger partial charge is 0.490 e. The number of carboxylic acids is 1. The van der Waals surface area contributed by atoms with Crippen LogP contribution >= 0.6 is 0 Å². The number of hydrogen-bond donors (Lipinski definition) is 4. The fourth-order valence-electron chi connectivity index (χ4n) is 7.01. The highest BCUT2D eigenvalue weighted by Crippen LogP contribution is 2.55. The lowest BCUT2D eigenvalue weighted by atomic mass is 9.53. The van der Waals surface area contributed by atoms with E-state index in [4.69, 9.17) is 20.4 Å². The van der Waals surface area contributed by atoms with E-state index >= 15 is 0 Å². The van der Waals surface area contributed by atoms with Crippen LogP contribution in [-0.4, -0.2) is 83.7 Å². The lowest BCUT2D eigenvalue weighted by Crippen LogP contribution is -2.60. The van der Waals surface area contributed by atoms with Crippen molar-refractivity contribution >= 4 is 29.7 Å². The number of nitrogens with zero attached hydrogens (tertiary/aromatic N) is 1. The molecule has 3 amide bonds. The monoisotopic (exact) mass is 562 g/mol. The highest BCUT2D eigenvalue weighted by molar-refractivity contribution is 5.91. The Balaban J connectivity index is 0.000000532. The van der Waals surface area contributed by atoms with Crippen molar-refractivity contribution in [3.63, 3.8) is 0 Å². The summed E-state index contributed by atoms with van der Waals surface area (Å²) in [5, 5.41) is 13.1. The molecular weight excluding hydrogens is 525 g/mol. The number of amides is 3. The van der Waals surface area contributed by atoms with Gasteiger partial charge in [-0.15, -0.1) is 0 Å². The van der Waals surface area contributed by atoms with E-state index in [9.17, 15) is 32.3 Å². The van der Waals surface area contributed by atoms with E-state index in [-0.39, 0.29) is 36.7 Å². The first-order chi connectivity index (χ1) is 18.3. The van der Waals surface area contributed by atoms with Crippen molar-refractivity contribution in [3.8, 4) is 0 Å². The molecule has 2 atom stereocenters. The summed E-state index contributed by atoms with van der Waals surface area (Å²) in [4.78, 5) is 60.3. The molecule has 11 nitrogen and oxygen atoms in total. The number of hydrogen-bond acceptors (Lipinski definition) is 7. The fourth-order valence-corrected chi connectivity index (χ4v) is 7.01. The van der Waals surface area contributed by atoms with Crippen LogP contribution in [0, 0.1) is 17.8 Å². The number of halogens is 3. The number of nitrogens with one attached hydrogen (secondary N) is 2. The number of carboxylic acid groups (broad SMARTS) is 1. The van der Waals surface area contributed by atoms with Gasteiger partial charge in [0.1, 0.15) is 12.1 Å². The van der Waals surface area contributed by atoms with Crippen LogP contribution in [0.1, 0.15) is 64.2 Å². The average molecular weight is 563 g/mol. The van der Waals surface area contributed by atoms with Crippen LogP contribution in [0.2, 0.25) is 0 Å². The number of aliphatic carboxylic acids is 1. The molecule has 220 valence electrons. The zero-order valence-electron chi connectivity index (χ0n) is 21.9. The van der Waals surface area contributed by atoms with Crippen molar-refractivity contribution < 1.29 is 47.0 Å². The van der Waals surface area contributed by atoms with Crippen LogP contribution in [0.25, 0.3) is 0 Å². The molecule has 1 saturated heterocycles. The third-order valence-corrected chi connectivity index (χ3v) is 8.20. The minimum atomic E-state index is -5.08. The molecule has 1 heterocycles. The molecule has 14 heteroatoms. The Morgan fingerprint density at radius 2 is 1.62 bits per heavy atom. The van der Waals surface area contributed by atoms with Crippen LogP contribution in [-0.2, 0) is 28.7 Å². The first kappa shape index (κ1) is 30.6. The summed E-state index contributed by atoms with van der Waals surface area (Å²) in [6.45, 7) is 0.319. The molecule has 5 fully saturated rings. The highest BCUT2D eigenvalue weighted by Gasteiger charge is 2.51. The van der Waals surface area contributed by atoms with Gasteiger partial charge in [-0.1, -0.05) is 0 Å². The van der Waals surface area contributed by atoms with E-state index in [1.54, 1.807) is 0 Å². The third kappa shape index (κ3) is 7.83. The zero-order valence-corrected chi connectivity index (χ0v) is 21.9. The number of ether oxygens (including phenoxy) is 1. The lowest BCUT2D eigenvalue weighted by molar-refractivity contribution is -0.192. The van der Waals surface area contributed by atoms with Gasteiger partial charge in [0.25, 0.3) is 0 Å². The molecule has 0 radical (unpaired) electrons. The number of rotatable bonds is 8. The first-order valence-corrected chi connectivity index (χ1v) is 13.3. The maximum Gasteiger partial charge on any atom is 0.490 e. The molecule has 39 heavy (non-hydrogen) atoms. The maximum atomic E-state index is 12.8. The summed E-state index contributed by atoms with van der Waals surface area (Å²) < 4.78 is 36.6. The molecule has 0 aromatic heterocycles. The number of alkyl halides is 3. The molecule has 4 saturated carbocycles. The van der Waals surface area contributed by atoms with E-state index in [2.05, 4.69) is 10.6 Å². The van der Waals surface area contributed by atoms with E-state index < -0.39 is 36.1 Å². The highest BCUT2D eigenvalue weighted by atomic mass is 19.4. The Labute approximate surface area is 224 Å². The second kappa shape index (κ2) is 12.5. The Morgan fingerprint density at radius 3 is 2.08 bits per heavy atom. The zero-order chi connectivity index (χ0) is 29.0. The van der Waals surface area contributed by atoms with Gasteiger partial charge in [0, 0.05) is 18.5 Å². The molecule has 1 aliphatic heterocycles. The lowest BCUT2D eigenvalue weighted by Gasteiger charge is -2.57. The molecule has 0 aromatic rings. The quantitative estimate of drug-likeness (QED) is 0.319. The van der Waals surface area contributed by atoms with Crippen LogP contribution in [0.3, 0.4) is 0 Å². The van der Waals surface area contributed by atoms with Gasteiger partial charge in [-0.05, 0) is 75.5 Å². The number of likely N-dealkylation sites (tertiary alicyclic amines) is 1. The average Bonchev–Trinajstić information content (AvgIpc) is 3.34. The summed E-state index contributed by atoms with van der Waals surface area (Å²) in [7, 11) is 1.26. The van der Waals surface area contributed by atoms with E-state index in [0.29, 0.717) is 19.4 Å². The van der Waals surface area contributed by atoms with E-state index in [1.165, 1.54) is 31.3 Å². The Bertz CT molecular complexity index is 923. The molecule has 5 N–H and O–H groups in total.